The van der Waals surface area contributed by atoms with Gasteiger partial charge in [-0.15, -0.1) is 0 Å². The van der Waals surface area contributed by atoms with E-state index < -0.39 is 108 Å². The van der Waals surface area contributed by atoms with Crippen molar-refractivity contribution in [2.24, 2.45) is 23.7 Å². The molecule has 0 radical (unpaired) electrons. The number of likely N-dealkylation sites (N-methyl/N-ethyl adjacent to an activating group) is 1. The molecule has 0 aromatic heterocycles. The Labute approximate surface area is 370 Å². The van der Waals surface area contributed by atoms with Crippen LogP contribution in [0.3, 0.4) is 0 Å². The number of hydrazine groups is 1. The molecular weight excluding hydrogens is 817 g/mol. The molecule has 0 spiro atoms. The average molecular weight is 887 g/mol. The van der Waals surface area contributed by atoms with Gasteiger partial charge in [-0.2, -0.15) is 0 Å². The van der Waals surface area contributed by atoms with Crippen molar-refractivity contribution in [3.8, 4) is 5.75 Å². The van der Waals surface area contributed by atoms with Crippen molar-refractivity contribution in [2.75, 3.05) is 20.7 Å². The number of nitrogens with one attached hydrogen (secondary N) is 6. The Balaban J connectivity index is 2.28. The van der Waals surface area contributed by atoms with Crippen LogP contribution in [0.4, 0.5) is 0 Å². The van der Waals surface area contributed by atoms with Gasteiger partial charge in [0.25, 0.3) is 5.91 Å². The Morgan fingerprint density at radius 2 is 1.56 bits per heavy atom. The Bertz CT molecular complexity index is 1760. The fraction of sp³-hybridized carbons (Fsp3) is 0.682. The summed E-state index contributed by atoms with van der Waals surface area (Å²) in [5.41, 5.74) is 3.43. The van der Waals surface area contributed by atoms with Gasteiger partial charge in [0, 0.05) is 26.4 Å². The smallest absolute Gasteiger partial charge is 0.329 e. The second kappa shape index (κ2) is 24.0. The first kappa shape index (κ1) is 52.0. The summed E-state index contributed by atoms with van der Waals surface area (Å²) in [7, 11) is 2.89. The number of carbonyl (C=O) groups excluding carboxylic acids is 8. The molecule has 2 heterocycles. The number of rotatable bonds is 14. The molecule has 2 aliphatic heterocycles. The van der Waals surface area contributed by atoms with Crippen molar-refractivity contribution in [2.45, 2.75) is 149 Å². The van der Waals surface area contributed by atoms with Crippen LogP contribution in [0.15, 0.2) is 24.3 Å². The van der Waals surface area contributed by atoms with Gasteiger partial charge in [0.15, 0.2) is 0 Å². The minimum Gasteiger partial charge on any atom is -0.497 e. The van der Waals surface area contributed by atoms with E-state index in [9.17, 15) is 43.5 Å². The van der Waals surface area contributed by atoms with Crippen molar-refractivity contribution in [3.05, 3.63) is 29.8 Å². The standard InChI is InChI=1S/C44H70N8O11/c1-12-25(7)34(45-22-53)40(57)50-36-27(9)63-44(61)37(24(5)6)51(10)42(59)32(18-23(3)4)48-39(56)33-20-29(54)21-46-52(33)43(60)35(26(8)13-2)49-38(55)31(47-41(36)58)19-28-14-16-30(62-11)17-15-28/h14-17,22-27,29,31-37,46,54H,12-13,18-21H2,1-11H3,(H,45,53)(H,47,58)(H,48,56)(H,49,55)(H,50,57). The van der Waals surface area contributed by atoms with Crippen LogP contribution >= 0.6 is 0 Å². The fourth-order valence-corrected chi connectivity index (χ4v) is 7.76. The predicted octanol–water partition coefficient (Wildman–Crippen LogP) is 0.325. The van der Waals surface area contributed by atoms with Crippen LogP contribution in [0, 0.1) is 23.7 Å². The molecule has 2 aliphatic rings. The van der Waals surface area contributed by atoms with E-state index in [1.807, 2.05) is 27.7 Å². The van der Waals surface area contributed by atoms with E-state index in [0.717, 1.165) is 5.01 Å². The monoisotopic (exact) mass is 887 g/mol. The molecule has 19 heteroatoms. The number of hydrogen-bond donors (Lipinski definition) is 7. The summed E-state index contributed by atoms with van der Waals surface area (Å²) in [5.74, 6) is -6.52. The van der Waals surface area contributed by atoms with Crippen LogP contribution < -0.4 is 36.7 Å². The average Bonchev–Trinajstić information content (AvgIpc) is 3.24. The number of aliphatic hydroxyl groups excluding tert-OH is 1. The van der Waals surface area contributed by atoms with E-state index in [4.69, 9.17) is 9.47 Å². The highest BCUT2D eigenvalue weighted by Crippen LogP contribution is 2.22. The number of esters is 1. The molecule has 352 valence electrons. The number of fused-ring (bicyclic) bond motifs is 1. The summed E-state index contributed by atoms with van der Waals surface area (Å²) in [5, 5.41) is 25.3. The van der Waals surface area contributed by atoms with Crippen LogP contribution in [0.1, 0.15) is 93.6 Å². The molecular formula is C44H70N8O11. The quantitative estimate of drug-likeness (QED) is 0.0986. The topological polar surface area (TPSA) is 254 Å². The number of cyclic esters (lactones) is 1. The van der Waals surface area contributed by atoms with Gasteiger partial charge in [0.1, 0.15) is 54.1 Å². The van der Waals surface area contributed by atoms with Crippen LogP contribution in [0.25, 0.3) is 0 Å². The highest BCUT2D eigenvalue weighted by Gasteiger charge is 2.44. The van der Waals surface area contributed by atoms with Gasteiger partial charge in [-0.1, -0.05) is 80.4 Å². The minimum absolute atomic E-state index is 0.0896. The molecule has 19 nitrogen and oxygen atoms in total. The van der Waals surface area contributed by atoms with Crippen molar-refractivity contribution < 1.29 is 52.9 Å². The number of ether oxygens (including phenoxy) is 2. The second-order valence-corrected chi connectivity index (χ2v) is 17.6. The SMILES string of the molecule is CCC(C)C(NC=O)C(=O)NC1C(=O)NC(Cc2ccc(OC)cc2)C(=O)NC(C(C)CC)C(=O)N2NCC(O)CC2C(=O)NC(CC(C)C)C(=O)N(C)C(C(C)C)C(=O)OC1C. The Kier molecular flexibility index (Phi) is 19.8. The number of aliphatic hydroxyl groups is 1. The first-order valence-corrected chi connectivity index (χ1v) is 21.9. The minimum atomic E-state index is -1.65. The van der Waals surface area contributed by atoms with E-state index in [-0.39, 0.29) is 37.6 Å². The molecule has 11 atom stereocenters. The second-order valence-electron chi connectivity index (χ2n) is 17.6. The number of methoxy groups -OCH3 is 1. The van der Waals surface area contributed by atoms with Crippen LogP contribution in [-0.2, 0) is 49.5 Å². The number of benzene rings is 1. The Morgan fingerprint density at radius 3 is 2.11 bits per heavy atom. The molecule has 0 bridgehead atoms. The summed E-state index contributed by atoms with van der Waals surface area (Å²) in [6.07, 6.45) is -1.37. The summed E-state index contributed by atoms with van der Waals surface area (Å²) in [6.45, 7) is 15.5. The summed E-state index contributed by atoms with van der Waals surface area (Å²) >= 11 is 0. The molecule has 1 aromatic carbocycles. The number of nitrogens with zero attached hydrogens (tertiary/aromatic N) is 2. The van der Waals surface area contributed by atoms with E-state index >= 15 is 0 Å². The zero-order valence-electron chi connectivity index (χ0n) is 38.6. The Morgan fingerprint density at radius 1 is 0.921 bits per heavy atom. The van der Waals surface area contributed by atoms with E-state index in [1.165, 1.54) is 26.0 Å². The lowest BCUT2D eigenvalue weighted by molar-refractivity contribution is -0.163. The third kappa shape index (κ3) is 13.8. The number of β-amino-alcohol motifs (C(OH)–C–C–N with tert-alkyl or cyclic N) is 1. The van der Waals surface area contributed by atoms with Gasteiger partial charge in [0.2, 0.25) is 35.9 Å². The van der Waals surface area contributed by atoms with Gasteiger partial charge in [-0.25, -0.2) is 10.2 Å². The van der Waals surface area contributed by atoms with Gasteiger partial charge in [-0.3, -0.25) is 38.6 Å². The maximum Gasteiger partial charge on any atom is 0.329 e. The zero-order chi connectivity index (χ0) is 47.3. The molecule has 1 aromatic rings. The van der Waals surface area contributed by atoms with Gasteiger partial charge >= 0.3 is 5.97 Å². The zero-order valence-corrected chi connectivity index (χ0v) is 38.6. The van der Waals surface area contributed by atoms with E-state index in [1.54, 1.807) is 52.0 Å². The molecule has 2 saturated heterocycles. The molecule has 2 fully saturated rings. The predicted molar refractivity (Wildman–Crippen MR) is 232 cm³/mol. The first-order valence-electron chi connectivity index (χ1n) is 21.9. The third-order valence-electron chi connectivity index (χ3n) is 11.9. The lowest BCUT2D eigenvalue weighted by atomic mass is 9.95. The molecule has 7 N–H and O–H groups in total. The lowest BCUT2D eigenvalue weighted by Gasteiger charge is -2.41. The molecule has 3 rings (SSSR count). The number of amides is 7. The van der Waals surface area contributed by atoms with E-state index in [2.05, 4.69) is 32.0 Å². The van der Waals surface area contributed by atoms with Crippen LogP contribution in [-0.4, -0.2) is 138 Å². The highest BCUT2D eigenvalue weighted by atomic mass is 16.5. The lowest BCUT2D eigenvalue weighted by Crippen LogP contribution is -2.67. The molecule has 7 amide bonds. The summed E-state index contributed by atoms with van der Waals surface area (Å²) in [6, 6.07) is -2.42. The molecule has 11 unspecified atom stereocenters. The maximum atomic E-state index is 14.6. The largest absolute Gasteiger partial charge is 0.497 e. The van der Waals surface area contributed by atoms with Crippen LogP contribution in [0.5, 0.6) is 5.75 Å². The number of hydrogen-bond acceptors (Lipinski definition) is 12. The van der Waals surface area contributed by atoms with Crippen molar-refractivity contribution in [3.63, 3.8) is 0 Å². The maximum absolute atomic E-state index is 14.6. The fourth-order valence-electron chi connectivity index (χ4n) is 7.76. The normalized spacial score (nSPS) is 27.3. The molecule has 63 heavy (non-hydrogen) atoms. The van der Waals surface area contributed by atoms with E-state index in [0.29, 0.717) is 30.6 Å². The highest BCUT2D eigenvalue weighted by molar-refractivity contribution is 5.98. The third-order valence-corrected chi connectivity index (χ3v) is 11.9. The van der Waals surface area contributed by atoms with Gasteiger partial charge in [-0.05, 0) is 54.7 Å². The number of carbonyl (C=O) groups is 8. The molecule has 0 aliphatic carbocycles. The summed E-state index contributed by atoms with van der Waals surface area (Å²) in [4.78, 5) is 113. The summed E-state index contributed by atoms with van der Waals surface area (Å²) < 4.78 is 11.2. The van der Waals surface area contributed by atoms with Crippen molar-refractivity contribution >= 4 is 47.8 Å². The molecule has 0 saturated carbocycles. The van der Waals surface area contributed by atoms with Gasteiger partial charge in [0.05, 0.1) is 13.2 Å². The van der Waals surface area contributed by atoms with Gasteiger partial charge < -0.3 is 46.1 Å². The van der Waals surface area contributed by atoms with Crippen LogP contribution in [0.2, 0.25) is 0 Å². The van der Waals surface area contributed by atoms with Crippen molar-refractivity contribution in [1.82, 2.24) is 41.9 Å². The first-order chi connectivity index (χ1) is 29.7. The Hall–Kier alpha value is -5.30. The van der Waals surface area contributed by atoms with Crippen molar-refractivity contribution in [1.29, 1.82) is 0 Å².